The lowest BCUT2D eigenvalue weighted by Crippen LogP contribution is -2.41. The molecule has 3 heterocycles. The van der Waals surface area contributed by atoms with E-state index < -0.39 is 5.60 Å². The number of hydrogen-bond acceptors (Lipinski definition) is 6. The number of aromatic nitrogens is 3. The second kappa shape index (κ2) is 8.39. The summed E-state index contributed by atoms with van der Waals surface area (Å²) in [5, 5.41) is 0. The van der Waals surface area contributed by atoms with Gasteiger partial charge in [0.2, 0.25) is 0 Å². The lowest BCUT2D eigenvalue weighted by atomic mass is 9.89. The van der Waals surface area contributed by atoms with Gasteiger partial charge in [0.25, 0.3) is 0 Å². The molecule has 8 nitrogen and oxygen atoms in total. The van der Waals surface area contributed by atoms with Gasteiger partial charge in [-0.3, -0.25) is 4.79 Å². The summed E-state index contributed by atoms with van der Waals surface area (Å²) in [6.07, 6.45) is 3.24. The molecule has 3 rings (SSSR count). The Kier molecular flexibility index (Phi) is 6.10. The average molecular weight is 402 g/mol. The van der Waals surface area contributed by atoms with E-state index in [1.807, 2.05) is 33.8 Å². The summed E-state index contributed by atoms with van der Waals surface area (Å²) in [5.74, 6) is 0.713. The number of aromatic amines is 1. The van der Waals surface area contributed by atoms with Crippen molar-refractivity contribution in [3.8, 4) is 0 Å². The van der Waals surface area contributed by atoms with Crippen molar-refractivity contribution in [2.45, 2.75) is 64.9 Å². The zero-order chi connectivity index (χ0) is 21.2. The number of imidazole rings is 1. The summed E-state index contributed by atoms with van der Waals surface area (Å²) in [5.41, 5.74) is 2.25. The van der Waals surface area contributed by atoms with Crippen molar-refractivity contribution in [1.29, 1.82) is 0 Å². The number of hydrogen-bond donors (Lipinski definition) is 1. The highest BCUT2D eigenvalue weighted by Gasteiger charge is 2.29. The number of pyridine rings is 1. The minimum absolute atomic E-state index is 0.0463. The molecule has 2 aromatic heterocycles. The number of piperidine rings is 1. The standard InChI is InChI=1S/C21H30N4O4/c1-13(12-28-14(2)26)18-23-17-16(6-9-22-19(17)24-18)15-7-10-25(11-8-15)20(27)29-21(3,4)5/h6,9,13,15H,7-8,10-12H2,1-5H3,(H,22,23,24)/t13-/m1/s1. The van der Waals surface area contributed by atoms with Crippen LogP contribution < -0.4 is 0 Å². The van der Waals surface area contributed by atoms with Crippen molar-refractivity contribution >= 4 is 23.2 Å². The Bertz CT molecular complexity index is 878. The molecule has 1 saturated heterocycles. The molecule has 0 aliphatic carbocycles. The zero-order valence-corrected chi connectivity index (χ0v) is 17.8. The van der Waals surface area contributed by atoms with Crippen LogP contribution in [0.15, 0.2) is 12.3 Å². The van der Waals surface area contributed by atoms with E-state index >= 15 is 0 Å². The molecule has 0 bridgehead atoms. The van der Waals surface area contributed by atoms with Crippen LogP contribution >= 0.6 is 0 Å². The Balaban J connectivity index is 1.71. The van der Waals surface area contributed by atoms with Crippen molar-refractivity contribution in [1.82, 2.24) is 19.9 Å². The molecule has 1 aliphatic heterocycles. The van der Waals surface area contributed by atoms with Gasteiger partial charge in [-0.1, -0.05) is 6.92 Å². The van der Waals surface area contributed by atoms with E-state index in [-0.39, 0.29) is 24.6 Å². The van der Waals surface area contributed by atoms with Gasteiger partial charge in [0, 0.05) is 32.1 Å². The van der Waals surface area contributed by atoms with Crippen molar-refractivity contribution in [2.75, 3.05) is 19.7 Å². The average Bonchev–Trinajstić information content (AvgIpc) is 3.09. The van der Waals surface area contributed by atoms with Crippen LogP contribution in [0.2, 0.25) is 0 Å². The van der Waals surface area contributed by atoms with Crippen LogP contribution in [-0.4, -0.2) is 57.2 Å². The van der Waals surface area contributed by atoms with Crippen LogP contribution in [0, 0.1) is 0 Å². The topological polar surface area (TPSA) is 97.4 Å². The maximum atomic E-state index is 12.3. The van der Waals surface area contributed by atoms with Crippen LogP contribution in [0.25, 0.3) is 11.2 Å². The predicted octanol–water partition coefficient (Wildman–Crippen LogP) is 3.74. The van der Waals surface area contributed by atoms with Crippen molar-refractivity contribution in [3.05, 3.63) is 23.7 Å². The smallest absolute Gasteiger partial charge is 0.410 e. The van der Waals surface area contributed by atoms with Gasteiger partial charge in [0.15, 0.2) is 5.65 Å². The van der Waals surface area contributed by atoms with Gasteiger partial charge < -0.3 is 19.4 Å². The summed E-state index contributed by atoms with van der Waals surface area (Å²) in [4.78, 5) is 37.5. The molecule has 0 unspecified atom stereocenters. The van der Waals surface area contributed by atoms with Gasteiger partial charge in [-0.2, -0.15) is 0 Å². The number of esters is 1. The van der Waals surface area contributed by atoms with Gasteiger partial charge in [-0.15, -0.1) is 0 Å². The first kappa shape index (κ1) is 21.1. The molecular formula is C21H30N4O4. The number of fused-ring (bicyclic) bond motifs is 1. The molecule has 1 N–H and O–H groups in total. The van der Waals surface area contributed by atoms with E-state index in [9.17, 15) is 9.59 Å². The molecule has 2 aromatic rings. The Hall–Kier alpha value is -2.64. The number of carbonyl (C=O) groups excluding carboxylic acids is 2. The van der Waals surface area contributed by atoms with Crippen LogP contribution in [0.4, 0.5) is 4.79 Å². The molecule has 0 radical (unpaired) electrons. The Morgan fingerprint density at radius 3 is 2.62 bits per heavy atom. The third-order valence-corrected chi connectivity index (χ3v) is 5.02. The number of nitrogens with zero attached hydrogens (tertiary/aromatic N) is 3. The lowest BCUT2D eigenvalue weighted by Gasteiger charge is -2.33. The maximum absolute atomic E-state index is 12.3. The number of H-pyrrole nitrogens is 1. The zero-order valence-electron chi connectivity index (χ0n) is 17.8. The minimum Gasteiger partial charge on any atom is -0.465 e. The number of rotatable bonds is 4. The normalized spacial score (nSPS) is 16.7. The fourth-order valence-electron chi connectivity index (χ4n) is 3.53. The molecule has 1 aliphatic rings. The summed E-state index contributed by atoms with van der Waals surface area (Å²) >= 11 is 0. The van der Waals surface area contributed by atoms with Crippen LogP contribution in [-0.2, 0) is 14.3 Å². The fourth-order valence-corrected chi connectivity index (χ4v) is 3.53. The second-order valence-corrected chi connectivity index (χ2v) is 8.66. The number of likely N-dealkylation sites (tertiary alicyclic amines) is 1. The van der Waals surface area contributed by atoms with Gasteiger partial charge >= 0.3 is 12.1 Å². The third kappa shape index (κ3) is 5.25. The molecule has 1 amide bonds. The number of carbonyl (C=O) groups is 2. The van der Waals surface area contributed by atoms with Gasteiger partial charge in [-0.05, 0) is 51.2 Å². The second-order valence-electron chi connectivity index (χ2n) is 8.66. The quantitative estimate of drug-likeness (QED) is 0.783. The van der Waals surface area contributed by atoms with Crippen molar-refractivity contribution in [2.24, 2.45) is 0 Å². The number of ether oxygens (including phenoxy) is 2. The molecule has 1 fully saturated rings. The Morgan fingerprint density at radius 2 is 2.00 bits per heavy atom. The molecule has 0 spiro atoms. The van der Waals surface area contributed by atoms with E-state index in [4.69, 9.17) is 14.5 Å². The van der Waals surface area contributed by atoms with E-state index in [2.05, 4.69) is 9.97 Å². The summed E-state index contributed by atoms with van der Waals surface area (Å²) in [7, 11) is 0. The Labute approximate surface area is 171 Å². The highest BCUT2D eigenvalue weighted by atomic mass is 16.6. The summed E-state index contributed by atoms with van der Waals surface area (Å²) < 4.78 is 10.6. The first-order valence-electron chi connectivity index (χ1n) is 10.1. The fraction of sp³-hybridized carbons (Fsp3) is 0.619. The van der Waals surface area contributed by atoms with Gasteiger partial charge in [0.05, 0.1) is 0 Å². The number of amides is 1. The molecule has 158 valence electrons. The van der Waals surface area contributed by atoms with E-state index in [1.54, 1.807) is 11.1 Å². The summed E-state index contributed by atoms with van der Waals surface area (Å²) in [6, 6.07) is 2.01. The molecule has 0 aromatic carbocycles. The Morgan fingerprint density at radius 1 is 1.31 bits per heavy atom. The molecular weight excluding hydrogens is 372 g/mol. The highest BCUT2D eigenvalue weighted by molar-refractivity contribution is 5.75. The molecule has 0 saturated carbocycles. The SMILES string of the molecule is CC(=O)OC[C@@H](C)c1nc2c(C3CCN(C(=O)OC(C)(C)C)CC3)ccnc2[nH]1. The maximum Gasteiger partial charge on any atom is 0.410 e. The first-order chi connectivity index (χ1) is 13.6. The molecule has 1 atom stereocenters. The van der Waals surface area contributed by atoms with E-state index in [0.29, 0.717) is 19.0 Å². The van der Waals surface area contributed by atoms with Gasteiger partial charge in [-0.25, -0.2) is 14.8 Å². The van der Waals surface area contributed by atoms with E-state index in [0.717, 1.165) is 35.4 Å². The van der Waals surface area contributed by atoms with Crippen molar-refractivity contribution in [3.63, 3.8) is 0 Å². The molecule has 8 heteroatoms. The summed E-state index contributed by atoms with van der Waals surface area (Å²) in [6.45, 7) is 10.6. The highest BCUT2D eigenvalue weighted by Crippen LogP contribution is 2.32. The van der Waals surface area contributed by atoms with Gasteiger partial charge in [0.1, 0.15) is 23.5 Å². The van der Waals surface area contributed by atoms with E-state index in [1.165, 1.54) is 6.92 Å². The molecule has 29 heavy (non-hydrogen) atoms. The van der Waals surface area contributed by atoms with Crippen molar-refractivity contribution < 1.29 is 19.1 Å². The van der Waals surface area contributed by atoms with Crippen LogP contribution in [0.3, 0.4) is 0 Å². The van der Waals surface area contributed by atoms with Crippen LogP contribution in [0.1, 0.15) is 70.7 Å². The minimum atomic E-state index is -0.487. The lowest BCUT2D eigenvalue weighted by molar-refractivity contribution is -0.141. The largest absolute Gasteiger partial charge is 0.465 e. The number of nitrogens with one attached hydrogen (secondary N) is 1. The third-order valence-electron chi connectivity index (χ3n) is 5.02. The monoisotopic (exact) mass is 402 g/mol. The predicted molar refractivity (Wildman–Crippen MR) is 109 cm³/mol. The first-order valence-corrected chi connectivity index (χ1v) is 10.1. The van der Waals surface area contributed by atoms with Crippen LogP contribution in [0.5, 0.6) is 0 Å².